The molecule has 5 heteroatoms. The standard InChI is InChI=1S/C21H30Cl2N2S/c1-2-3-4-5-6-7-8-9-19(15-25-13-12-24-17-25)26-16-18-10-11-20(22)21(23)14-18/h10-14,17,19H,2-9,15-16H2,1H3. The molecule has 0 saturated heterocycles. The number of imidazole rings is 1. The van der Waals surface area contributed by atoms with Crippen LogP contribution in [-0.4, -0.2) is 14.8 Å². The number of rotatable bonds is 13. The minimum atomic E-state index is 0.592. The van der Waals surface area contributed by atoms with Crippen LogP contribution >= 0.6 is 35.0 Å². The minimum Gasteiger partial charge on any atom is -0.336 e. The molecule has 0 fully saturated rings. The van der Waals surface area contributed by atoms with Gasteiger partial charge in [0, 0.05) is 29.9 Å². The second kappa shape index (κ2) is 12.7. The smallest absolute Gasteiger partial charge is 0.0946 e. The van der Waals surface area contributed by atoms with E-state index in [9.17, 15) is 0 Å². The summed E-state index contributed by atoms with van der Waals surface area (Å²) in [5.74, 6) is 0.965. The number of benzene rings is 1. The number of hydrogen-bond acceptors (Lipinski definition) is 2. The number of hydrogen-bond donors (Lipinski definition) is 0. The van der Waals surface area contributed by atoms with Crippen LogP contribution in [0.25, 0.3) is 0 Å². The molecule has 0 amide bonds. The van der Waals surface area contributed by atoms with Gasteiger partial charge in [0.1, 0.15) is 0 Å². The highest BCUT2D eigenvalue weighted by molar-refractivity contribution is 7.99. The zero-order valence-corrected chi connectivity index (χ0v) is 18.0. The summed E-state index contributed by atoms with van der Waals surface area (Å²) in [6, 6.07) is 5.95. The molecule has 144 valence electrons. The lowest BCUT2D eigenvalue weighted by Gasteiger charge is -2.17. The van der Waals surface area contributed by atoms with E-state index in [4.69, 9.17) is 23.2 Å². The van der Waals surface area contributed by atoms with Crippen molar-refractivity contribution in [2.45, 2.75) is 75.8 Å². The average Bonchev–Trinajstić information content (AvgIpc) is 3.14. The van der Waals surface area contributed by atoms with Crippen LogP contribution in [0.3, 0.4) is 0 Å². The van der Waals surface area contributed by atoms with Crippen LogP contribution in [0.15, 0.2) is 36.9 Å². The van der Waals surface area contributed by atoms with Gasteiger partial charge in [0.25, 0.3) is 0 Å². The topological polar surface area (TPSA) is 17.8 Å². The van der Waals surface area contributed by atoms with Gasteiger partial charge in [0.15, 0.2) is 0 Å². The normalized spacial score (nSPS) is 12.4. The number of nitrogens with zero attached hydrogens (tertiary/aromatic N) is 2. The fourth-order valence-corrected chi connectivity index (χ4v) is 4.57. The van der Waals surface area contributed by atoms with Gasteiger partial charge in [0.2, 0.25) is 0 Å². The Balaban J connectivity index is 1.78. The second-order valence-corrected chi connectivity index (χ2v) is 8.95. The van der Waals surface area contributed by atoms with E-state index in [0.717, 1.165) is 12.3 Å². The van der Waals surface area contributed by atoms with E-state index in [-0.39, 0.29) is 0 Å². The predicted molar refractivity (Wildman–Crippen MR) is 116 cm³/mol. The first kappa shape index (κ1) is 21.7. The van der Waals surface area contributed by atoms with Gasteiger partial charge in [-0.1, -0.05) is 81.1 Å². The quantitative estimate of drug-likeness (QED) is 0.314. The maximum Gasteiger partial charge on any atom is 0.0946 e. The second-order valence-electron chi connectivity index (χ2n) is 6.85. The molecule has 0 bridgehead atoms. The zero-order chi connectivity index (χ0) is 18.6. The molecule has 0 saturated carbocycles. The third-order valence-corrected chi connectivity index (χ3v) is 6.67. The summed E-state index contributed by atoms with van der Waals surface area (Å²) in [6.45, 7) is 3.29. The van der Waals surface area contributed by atoms with Crippen molar-refractivity contribution >= 4 is 35.0 Å². The maximum atomic E-state index is 6.15. The molecule has 2 aromatic rings. The summed E-state index contributed by atoms with van der Waals surface area (Å²) in [6.07, 6.45) is 16.6. The van der Waals surface area contributed by atoms with Gasteiger partial charge in [-0.15, -0.1) is 0 Å². The minimum absolute atomic E-state index is 0.592. The molecule has 1 unspecified atom stereocenters. The molecule has 0 N–H and O–H groups in total. The Morgan fingerprint density at radius 2 is 1.81 bits per heavy atom. The number of halogens is 2. The summed E-state index contributed by atoms with van der Waals surface area (Å²) in [5.41, 5.74) is 1.24. The molecule has 0 aliphatic rings. The summed E-state index contributed by atoms with van der Waals surface area (Å²) in [7, 11) is 0. The van der Waals surface area contributed by atoms with Gasteiger partial charge in [-0.3, -0.25) is 0 Å². The molecule has 0 aliphatic heterocycles. The van der Waals surface area contributed by atoms with Crippen LogP contribution in [0.1, 0.15) is 63.9 Å². The van der Waals surface area contributed by atoms with Crippen LogP contribution in [-0.2, 0) is 12.3 Å². The third kappa shape index (κ3) is 8.37. The summed E-state index contributed by atoms with van der Waals surface area (Å²) < 4.78 is 2.19. The lowest BCUT2D eigenvalue weighted by Crippen LogP contribution is -2.12. The molecule has 1 aromatic carbocycles. The van der Waals surface area contributed by atoms with Gasteiger partial charge >= 0.3 is 0 Å². The number of thioether (sulfide) groups is 1. The Labute approximate surface area is 172 Å². The van der Waals surface area contributed by atoms with Crippen molar-refractivity contribution in [3.05, 3.63) is 52.5 Å². The molecule has 0 radical (unpaired) electrons. The van der Waals surface area contributed by atoms with E-state index in [0.29, 0.717) is 15.3 Å². The van der Waals surface area contributed by atoms with E-state index < -0.39 is 0 Å². The molecule has 1 aromatic heterocycles. The Morgan fingerprint density at radius 3 is 2.50 bits per heavy atom. The van der Waals surface area contributed by atoms with Crippen molar-refractivity contribution in [3.8, 4) is 0 Å². The van der Waals surface area contributed by atoms with E-state index >= 15 is 0 Å². The molecule has 2 nitrogen and oxygen atoms in total. The number of unbranched alkanes of at least 4 members (excludes halogenated alkanes) is 6. The summed E-state index contributed by atoms with van der Waals surface area (Å²) >= 11 is 14.2. The lowest BCUT2D eigenvalue weighted by molar-refractivity contribution is 0.546. The highest BCUT2D eigenvalue weighted by Gasteiger charge is 2.11. The molecule has 0 spiro atoms. The fourth-order valence-electron chi connectivity index (χ4n) is 3.03. The average molecular weight is 413 g/mol. The van der Waals surface area contributed by atoms with Crippen molar-refractivity contribution in [2.24, 2.45) is 0 Å². The van der Waals surface area contributed by atoms with E-state index in [1.807, 2.05) is 36.4 Å². The summed E-state index contributed by atoms with van der Waals surface area (Å²) in [4.78, 5) is 4.17. The van der Waals surface area contributed by atoms with Gasteiger partial charge < -0.3 is 4.57 Å². The van der Waals surface area contributed by atoms with Crippen LogP contribution in [0.4, 0.5) is 0 Å². The first-order valence-corrected chi connectivity index (χ1v) is 11.5. The molecular weight excluding hydrogens is 383 g/mol. The Hall–Kier alpha value is -0.640. The first-order valence-electron chi connectivity index (χ1n) is 9.70. The molecular formula is C21H30Cl2N2S. The maximum absolute atomic E-state index is 6.15. The van der Waals surface area contributed by atoms with Crippen molar-refractivity contribution in [1.82, 2.24) is 9.55 Å². The monoisotopic (exact) mass is 412 g/mol. The van der Waals surface area contributed by atoms with Crippen molar-refractivity contribution in [2.75, 3.05) is 0 Å². The van der Waals surface area contributed by atoms with Crippen LogP contribution in [0, 0.1) is 0 Å². The Bertz CT molecular complexity index is 616. The van der Waals surface area contributed by atoms with Gasteiger partial charge in [-0.2, -0.15) is 11.8 Å². The molecule has 1 heterocycles. The van der Waals surface area contributed by atoms with E-state index in [2.05, 4.69) is 28.7 Å². The first-order chi connectivity index (χ1) is 12.7. The lowest BCUT2D eigenvalue weighted by atomic mass is 10.1. The highest BCUT2D eigenvalue weighted by Crippen LogP contribution is 2.28. The zero-order valence-electron chi connectivity index (χ0n) is 15.7. The molecule has 0 aliphatic carbocycles. The molecule has 1 atom stereocenters. The Morgan fingerprint density at radius 1 is 1.04 bits per heavy atom. The SMILES string of the molecule is CCCCCCCCCC(Cn1ccnc1)SCc1ccc(Cl)c(Cl)c1. The van der Waals surface area contributed by atoms with Gasteiger partial charge in [-0.25, -0.2) is 4.98 Å². The van der Waals surface area contributed by atoms with Gasteiger partial charge in [-0.05, 0) is 24.1 Å². The molecule has 26 heavy (non-hydrogen) atoms. The van der Waals surface area contributed by atoms with Crippen LogP contribution < -0.4 is 0 Å². The van der Waals surface area contributed by atoms with E-state index in [1.165, 1.54) is 56.9 Å². The molecule has 2 rings (SSSR count). The van der Waals surface area contributed by atoms with Crippen molar-refractivity contribution in [1.29, 1.82) is 0 Å². The Kier molecular flexibility index (Phi) is 10.6. The summed E-state index contributed by atoms with van der Waals surface area (Å²) in [5, 5.41) is 1.86. The van der Waals surface area contributed by atoms with Crippen molar-refractivity contribution < 1.29 is 0 Å². The fraction of sp³-hybridized carbons (Fsp3) is 0.571. The highest BCUT2D eigenvalue weighted by atomic mass is 35.5. The number of aromatic nitrogens is 2. The third-order valence-electron chi connectivity index (χ3n) is 4.57. The van der Waals surface area contributed by atoms with Crippen LogP contribution in [0.2, 0.25) is 10.0 Å². The van der Waals surface area contributed by atoms with Crippen molar-refractivity contribution in [3.63, 3.8) is 0 Å². The largest absolute Gasteiger partial charge is 0.336 e. The van der Waals surface area contributed by atoms with Crippen LogP contribution in [0.5, 0.6) is 0 Å². The van der Waals surface area contributed by atoms with Gasteiger partial charge in [0.05, 0.1) is 16.4 Å². The van der Waals surface area contributed by atoms with E-state index in [1.54, 1.807) is 0 Å². The predicted octanol–water partition coefficient (Wildman–Crippen LogP) is 7.63.